The number of anilines is 1. The third kappa shape index (κ3) is 4.47. The zero-order valence-corrected chi connectivity index (χ0v) is 17.4. The second-order valence-electron chi connectivity index (χ2n) is 6.99. The molecule has 0 aliphatic carbocycles. The van der Waals surface area contributed by atoms with Crippen molar-refractivity contribution in [3.8, 4) is 5.75 Å². The Morgan fingerprint density at radius 2 is 1.87 bits per heavy atom. The minimum absolute atomic E-state index is 0.249. The van der Waals surface area contributed by atoms with Crippen LogP contribution in [-0.2, 0) is 13.1 Å². The van der Waals surface area contributed by atoms with Gasteiger partial charge in [0.15, 0.2) is 0 Å². The molecule has 0 radical (unpaired) electrons. The number of benzene rings is 3. The van der Waals surface area contributed by atoms with E-state index in [1.165, 1.54) is 5.56 Å². The van der Waals surface area contributed by atoms with Gasteiger partial charge < -0.3 is 9.64 Å². The lowest BCUT2D eigenvalue weighted by Crippen LogP contribution is -2.18. The molecule has 5 nitrogen and oxygen atoms in total. The molecule has 3 aromatic carbocycles. The van der Waals surface area contributed by atoms with Crippen molar-refractivity contribution in [2.24, 2.45) is 5.10 Å². The fraction of sp³-hybridized carbons (Fsp3) is 0.167. The molecule has 4 rings (SSSR count). The first-order valence-corrected chi connectivity index (χ1v) is 10.2. The number of rotatable bonds is 6. The fourth-order valence-electron chi connectivity index (χ4n) is 3.44. The molecule has 0 atom stereocenters. The van der Waals surface area contributed by atoms with E-state index < -0.39 is 0 Å². The topological polar surface area (TPSA) is 53.9 Å². The van der Waals surface area contributed by atoms with Gasteiger partial charge in [-0.3, -0.25) is 4.79 Å². The highest BCUT2D eigenvalue weighted by molar-refractivity contribution is 6.33. The molecule has 1 aliphatic heterocycles. The number of fused-ring (bicyclic) bond motifs is 1. The van der Waals surface area contributed by atoms with E-state index in [-0.39, 0.29) is 5.91 Å². The molecule has 30 heavy (non-hydrogen) atoms. The lowest BCUT2D eigenvalue weighted by atomic mass is 10.1. The molecule has 0 aromatic heterocycles. The summed E-state index contributed by atoms with van der Waals surface area (Å²) < 4.78 is 5.51. The molecule has 1 amide bonds. The van der Waals surface area contributed by atoms with Crippen LogP contribution in [0.1, 0.15) is 34.0 Å². The zero-order chi connectivity index (χ0) is 20.9. The predicted octanol–water partition coefficient (Wildman–Crippen LogP) is 5.02. The minimum atomic E-state index is -0.249. The number of hydrogen-bond donors (Lipinski definition) is 1. The van der Waals surface area contributed by atoms with E-state index in [9.17, 15) is 4.79 Å². The van der Waals surface area contributed by atoms with Crippen LogP contribution in [0.3, 0.4) is 0 Å². The maximum Gasteiger partial charge on any atom is 0.271 e. The molecule has 0 fully saturated rings. The average Bonchev–Trinajstić information content (AvgIpc) is 3.19. The molecule has 1 heterocycles. The van der Waals surface area contributed by atoms with Crippen LogP contribution in [-0.4, -0.2) is 18.7 Å². The fourth-order valence-corrected chi connectivity index (χ4v) is 3.63. The van der Waals surface area contributed by atoms with Crippen molar-refractivity contribution < 1.29 is 9.53 Å². The second kappa shape index (κ2) is 9.01. The summed E-state index contributed by atoms with van der Waals surface area (Å²) in [5.74, 6) is 0.620. The zero-order valence-electron chi connectivity index (χ0n) is 16.6. The SMILES string of the molecule is CCOc1ccc(N2Cc3ccc(C(=O)N/N=C\c4ccccc4Cl)cc3C2)cc1. The number of ether oxygens (including phenoxy) is 1. The lowest BCUT2D eigenvalue weighted by Gasteiger charge is -2.18. The summed E-state index contributed by atoms with van der Waals surface area (Å²) in [5, 5.41) is 4.61. The number of carbonyl (C=O) groups is 1. The summed E-state index contributed by atoms with van der Waals surface area (Å²) >= 11 is 6.09. The largest absolute Gasteiger partial charge is 0.494 e. The van der Waals surface area contributed by atoms with Crippen molar-refractivity contribution in [1.29, 1.82) is 0 Å². The minimum Gasteiger partial charge on any atom is -0.494 e. The molecule has 1 aliphatic rings. The van der Waals surface area contributed by atoms with Crippen LogP contribution in [0, 0.1) is 0 Å². The van der Waals surface area contributed by atoms with E-state index in [0.717, 1.165) is 35.7 Å². The normalized spacial score (nSPS) is 12.8. The van der Waals surface area contributed by atoms with Crippen molar-refractivity contribution in [2.45, 2.75) is 20.0 Å². The molecular formula is C24H22ClN3O2. The van der Waals surface area contributed by atoms with Gasteiger partial charge in [0, 0.05) is 34.9 Å². The first-order chi connectivity index (χ1) is 14.6. The summed E-state index contributed by atoms with van der Waals surface area (Å²) in [6.07, 6.45) is 1.54. The first kappa shape index (κ1) is 20.0. The van der Waals surface area contributed by atoms with E-state index in [1.807, 2.05) is 55.5 Å². The smallest absolute Gasteiger partial charge is 0.271 e. The molecule has 0 unspecified atom stereocenters. The number of nitrogens with zero attached hydrogens (tertiary/aromatic N) is 2. The third-order valence-electron chi connectivity index (χ3n) is 4.98. The summed E-state index contributed by atoms with van der Waals surface area (Å²) in [6, 6.07) is 21.2. The van der Waals surface area contributed by atoms with Gasteiger partial charge in [-0.15, -0.1) is 0 Å². The number of carbonyl (C=O) groups excluding carboxylic acids is 1. The van der Waals surface area contributed by atoms with Gasteiger partial charge in [-0.1, -0.05) is 35.9 Å². The van der Waals surface area contributed by atoms with Gasteiger partial charge in [0.1, 0.15) is 5.75 Å². The number of nitrogens with one attached hydrogen (secondary N) is 1. The number of hydrazone groups is 1. The maximum absolute atomic E-state index is 12.5. The Morgan fingerprint density at radius 3 is 2.63 bits per heavy atom. The second-order valence-corrected chi connectivity index (χ2v) is 7.39. The molecule has 0 spiro atoms. The molecule has 3 aromatic rings. The van der Waals surface area contributed by atoms with Gasteiger partial charge in [0.25, 0.3) is 5.91 Å². The number of amides is 1. The molecular weight excluding hydrogens is 398 g/mol. The summed E-state index contributed by atoms with van der Waals surface area (Å²) in [4.78, 5) is 14.8. The van der Waals surface area contributed by atoms with Gasteiger partial charge in [0.2, 0.25) is 0 Å². The van der Waals surface area contributed by atoms with E-state index in [1.54, 1.807) is 12.3 Å². The van der Waals surface area contributed by atoms with Crippen molar-refractivity contribution in [3.05, 3.63) is 94.0 Å². The third-order valence-corrected chi connectivity index (χ3v) is 5.32. The monoisotopic (exact) mass is 419 g/mol. The highest BCUT2D eigenvalue weighted by atomic mass is 35.5. The van der Waals surface area contributed by atoms with Crippen molar-refractivity contribution >= 4 is 29.4 Å². The van der Waals surface area contributed by atoms with E-state index in [4.69, 9.17) is 16.3 Å². The summed E-state index contributed by atoms with van der Waals surface area (Å²) in [6.45, 7) is 4.20. The molecule has 0 saturated heterocycles. The van der Waals surface area contributed by atoms with E-state index in [0.29, 0.717) is 17.2 Å². The van der Waals surface area contributed by atoms with Crippen molar-refractivity contribution in [3.63, 3.8) is 0 Å². The Morgan fingerprint density at radius 1 is 1.10 bits per heavy atom. The molecule has 6 heteroatoms. The Hall–Kier alpha value is -3.31. The van der Waals surface area contributed by atoms with Crippen LogP contribution in [0.25, 0.3) is 0 Å². The van der Waals surface area contributed by atoms with Crippen LogP contribution in [0.4, 0.5) is 5.69 Å². The number of halogens is 1. The Labute approximate surface area is 180 Å². The molecule has 1 N–H and O–H groups in total. The quantitative estimate of drug-likeness (QED) is 0.450. The Kier molecular flexibility index (Phi) is 6.00. The van der Waals surface area contributed by atoms with Gasteiger partial charge in [-0.2, -0.15) is 5.10 Å². The highest BCUT2D eigenvalue weighted by Gasteiger charge is 2.20. The van der Waals surface area contributed by atoms with Crippen molar-refractivity contribution in [1.82, 2.24) is 5.43 Å². The van der Waals surface area contributed by atoms with Crippen LogP contribution >= 0.6 is 11.6 Å². The standard InChI is InChI=1S/C24H22ClN3O2/c1-2-30-22-11-9-21(10-12-22)28-15-19-8-7-17(13-20(19)16-28)24(29)27-26-14-18-5-3-4-6-23(18)25/h3-14H,2,15-16H2,1H3,(H,27,29)/b26-14-. The maximum atomic E-state index is 12.5. The van der Waals surface area contributed by atoms with Crippen LogP contribution < -0.4 is 15.1 Å². The molecule has 0 bridgehead atoms. The number of hydrogen-bond acceptors (Lipinski definition) is 4. The van der Waals surface area contributed by atoms with E-state index >= 15 is 0 Å². The van der Waals surface area contributed by atoms with Gasteiger partial charge in [-0.25, -0.2) is 5.43 Å². The Balaban J connectivity index is 1.41. The first-order valence-electron chi connectivity index (χ1n) is 9.81. The van der Waals surface area contributed by atoms with Crippen LogP contribution in [0.2, 0.25) is 5.02 Å². The predicted molar refractivity (Wildman–Crippen MR) is 120 cm³/mol. The van der Waals surface area contributed by atoms with Crippen molar-refractivity contribution in [2.75, 3.05) is 11.5 Å². The van der Waals surface area contributed by atoms with Crippen LogP contribution in [0.5, 0.6) is 5.75 Å². The Bertz CT molecular complexity index is 1080. The average molecular weight is 420 g/mol. The van der Waals surface area contributed by atoms with Crippen LogP contribution in [0.15, 0.2) is 71.8 Å². The molecule has 0 saturated carbocycles. The summed E-state index contributed by atoms with van der Waals surface area (Å²) in [5.41, 5.74) is 7.40. The van der Waals surface area contributed by atoms with E-state index in [2.05, 4.69) is 27.6 Å². The molecule has 152 valence electrons. The van der Waals surface area contributed by atoms with Gasteiger partial charge in [-0.05, 0) is 60.5 Å². The van der Waals surface area contributed by atoms with Gasteiger partial charge in [0.05, 0.1) is 12.8 Å². The summed E-state index contributed by atoms with van der Waals surface area (Å²) in [7, 11) is 0. The lowest BCUT2D eigenvalue weighted by molar-refractivity contribution is 0.0955. The highest BCUT2D eigenvalue weighted by Crippen LogP contribution is 2.30. The van der Waals surface area contributed by atoms with Gasteiger partial charge >= 0.3 is 0 Å².